The van der Waals surface area contributed by atoms with Crippen LogP contribution in [0.1, 0.15) is 81.2 Å². The molecule has 512 valence electrons. The maximum atomic E-state index is 15.2. The number of guanidine groups is 1. The van der Waals surface area contributed by atoms with Gasteiger partial charge >= 0.3 is 6.03 Å². The van der Waals surface area contributed by atoms with Crippen molar-refractivity contribution in [2.24, 2.45) is 35.2 Å². The third-order valence-electron chi connectivity index (χ3n) is 16.6. The second-order valence-electron chi connectivity index (χ2n) is 24.2. The first-order chi connectivity index (χ1) is 45.9. The highest BCUT2D eigenvalue weighted by molar-refractivity contribution is 6.00. The van der Waals surface area contributed by atoms with Gasteiger partial charge in [0, 0.05) is 98.3 Å². The number of aliphatic imine (C=N–C) groups is 1. The quantitative estimate of drug-likeness (QED) is 0.00952. The summed E-state index contributed by atoms with van der Waals surface area (Å²) in [4.78, 5) is 169. The normalized spacial score (nSPS) is 16.6. The second kappa shape index (κ2) is 33.2. The van der Waals surface area contributed by atoms with Crippen molar-refractivity contribution < 1.29 is 63.0 Å². The number of carbonyl (C=O) groups excluding carboxylic acids is 11. The lowest BCUT2D eigenvalue weighted by atomic mass is 9.99. The predicted molar refractivity (Wildman–Crippen MR) is 349 cm³/mol. The van der Waals surface area contributed by atoms with Crippen LogP contribution in [0, 0.1) is 5.92 Å². The van der Waals surface area contributed by atoms with Gasteiger partial charge in [-0.1, -0.05) is 62.4 Å². The van der Waals surface area contributed by atoms with Gasteiger partial charge in [0.25, 0.3) is 5.91 Å². The van der Waals surface area contributed by atoms with Crippen LogP contribution in [-0.4, -0.2) is 180 Å². The maximum absolute atomic E-state index is 15.2. The number of hydrazine groups is 1. The van der Waals surface area contributed by atoms with Crippen LogP contribution < -0.4 is 70.6 Å². The predicted octanol–water partition coefficient (Wildman–Crippen LogP) is -2.19. The van der Waals surface area contributed by atoms with E-state index in [-0.39, 0.29) is 101 Å². The average Bonchev–Trinajstić information content (AvgIpc) is 1.65. The van der Waals surface area contributed by atoms with Crippen LogP contribution in [0.25, 0.3) is 21.8 Å². The van der Waals surface area contributed by atoms with E-state index in [1.54, 1.807) is 63.6 Å². The highest BCUT2D eigenvalue weighted by Gasteiger charge is 2.40. The van der Waals surface area contributed by atoms with Crippen molar-refractivity contribution >= 4 is 92.9 Å². The molecule has 32 nitrogen and oxygen atoms in total. The Bertz CT molecular complexity index is 3810. The third kappa shape index (κ3) is 19.3. The van der Waals surface area contributed by atoms with Gasteiger partial charge < -0.3 is 89.4 Å². The number of carbonyl (C=O) groups is 11. The van der Waals surface area contributed by atoms with E-state index in [9.17, 15) is 53.4 Å². The molecule has 2 aliphatic heterocycles. The highest BCUT2D eigenvalue weighted by Crippen LogP contribution is 2.25. The van der Waals surface area contributed by atoms with Crippen LogP contribution in [0.2, 0.25) is 0 Å². The number of likely N-dealkylation sites (tertiary alicyclic amines) is 1. The summed E-state index contributed by atoms with van der Waals surface area (Å²) < 4.78 is 1.83. The Morgan fingerprint density at radius 2 is 1.26 bits per heavy atom. The lowest BCUT2D eigenvalue weighted by Gasteiger charge is -2.30. The Morgan fingerprint density at radius 1 is 0.667 bits per heavy atom. The van der Waals surface area contributed by atoms with E-state index >= 15 is 9.59 Å². The van der Waals surface area contributed by atoms with Crippen molar-refractivity contribution in [1.29, 1.82) is 0 Å². The van der Waals surface area contributed by atoms with Crippen molar-refractivity contribution in [3.63, 3.8) is 0 Å². The van der Waals surface area contributed by atoms with Crippen molar-refractivity contribution in [2.75, 3.05) is 19.7 Å². The number of aryl methyl sites for hydroxylation is 1. The number of imidazole rings is 1. The molecule has 2 fully saturated rings. The fraction of sp³-hybridized carbons (Fsp3) is 0.422. The number of aromatic nitrogens is 4. The van der Waals surface area contributed by atoms with Crippen molar-refractivity contribution in [1.82, 2.24) is 77.8 Å². The van der Waals surface area contributed by atoms with E-state index in [2.05, 4.69) is 67.9 Å². The summed E-state index contributed by atoms with van der Waals surface area (Å²) in [7, 11) is 1.80. The number of phenols is 1. The molecule has 32 heteroatoms. The Balaban J connectivity index is 1.06. The van der Waals surface area contributed by atoms with Crippen molar-refractivity contribution in [2.45, 2.75) is 139 Å². The van der Waals surface area contributed by atoms with Crippen LogP contribution in [0.4, 0.5) is 4.79 Å². The van der Waals surface area contributed by atoms with Gasteiger partial charge in [0.1, 0.15) is 60.1 Å². The van der Waals surface area contributed by atoms with Gasteiger partial charge in [-0.05, 0) is 85.4 Å². The molecule has 0 spiro atoms. The minimum absolute atomic E-state index is 0.0126. The van der Waals surface area contributed by atoms with Gasteiger partial charge in [0.05, 0.1) is 12.9 Å². The number of aliphatic hydroxyl groups excluding tert-OH is 1. The van der Waals surface area contributed by atoms with E-state index in [4.69, 9.17) is 17.2 Å². The number of aliphatic hydroxyl groups is 1. The van der Waals surface area contributed by atoms with Gasteiger partial charge in [-0.15, -0.1) is 0 Å². The monoisotopic (exact) mass is 1330 g/mol. The van der Waals surface area contributed by atoms with Crippen molar-refractivity contribution in [3.05, 3.63) is 120 Å². The minimum atomic E-state index is -1.80. The van der Waals surface area contributed by atoms with Gasteiger partial charge in [0.2, 0.25) is 53.2 Å². The van der Waals surface area contributed by atoms with Crippen LogP contribution in [0.15, 0.2) is 103 Å². The average molecular weight is 1330 g/mol. The summed E-state index contributed by atoms with van der Waals surface area (Å²) >= 11 is 0. The molecule has 0 aliphatic carbocycles. The lowest BCUT2D eigenvalue weighted by Crippen LogP contribution is -2.61. The Kier molecular flexibility index (Phi) is 24.5. The number of nitrogens with one attached hydrogen (secondary N) is 12. The van der Waals surface area contributed by atoms with E-state index < -0.39 is 120 Å². The van der Waals surface area contributed by atoms with Gasteiger partial charge in [0.15, 0.2) is 5.96 Å². The zero-order chi connectivity index (χ0) is 69.2. The number of phenolic OH excluding ortho intramolecular Hbond substituents is 1. The molecule has 8 rings (SSSR count). The molecule has 0 unspecified atom stereocenters. The number of rotatable bonds is 31. The molecule has 3 aromatic heterocycles. The molecule has 5 heterocycles. The number of aromatic amines is 2. The summed E-state index contributed by atoms with van der Waals surface area (Å²) in [6, 6.07) is 6.76. The van der Waals surface area contributed by atoms with Gasteiger partial charge in [-0.25, -0.2) is 15.2 Å². The summed E-state index contributed by atoms with van der Waals surface area (Å²) in [6.45, 7) is 2.74. The zero-order valence-electron chi connectivity index (χ0n) is 53.3. The Hall–Kier alpha value is -11.0. The molecule has 0 bridgehead atoms. The second-order valence-corrected chi connectivity index (χ2v) is 24.2. The largest absolute Gasteiger partial charge is 0.508 e. The SMILES string of the molecule is CC(C)C[C@H](NC(=O)[C@@H](Cc1cn(C)c2ccccc12)NC(=O)[C@H](Cc1ccc(O)cc1)NC(=O)[C@H](CO)NC(=O)[C@H](Cc1c[nH]c2ccccc12)NC(=O)[C@H](Cc1cnc[nH]1)NC(=O)[C@@H]1CCC(=O)N1)C(=O)N[C@@H](CCCN=C(N)N)C(=O)N1CCC[C@H]1C(=O)NNC(N)=O. The Labute approximate surface area is 551 Å². The van der Waals surface area contributed by atoms with E-state index in [1.807, 2.05) is 28.2 Å². The number of primary amides is 1. The van der Waals surface area contributed by atoms with E-state index in [1.165, 1.54) is 41.7 Å². The number of aromatic hydroxyl groups is 1. The molecule has 96 heavy (non-hydrogen) atoms. The lowest BCUT2D eigenvalue weighted by molar-refractivity contribution is -0.142. The summed E-state index contributed by atoms with van der Waals surface area (Å²) in [5.41, 5.74) is 24.0. The fourth-order valence-corrected chi connectivity index (χ4v) is 11.7. The van der Waals surface area contributed by atoms with Crippen LogP contribution >= 0.6 is 0 Å². The smallest absolute Gasteiger partial charge is 0.330 e. The maximum Gasteiger partial charge on any atom is 0.330 e. The molecule has 0 saturated carbocycles. The number of urea groups is 1. The number of benzene rings is 3. The molecule has 0 radical (unpaired) electrons. The Morgan fingerprint density at radius 3 is 1.89 bits per heavy atom. The minimum Gasteiger partial charge on any atom is -0.508 e. The number of amides is 12. The first kappa shape index (κ1) is 70.8. The summed E-state index contributed by atoms with van der Waals surface area (Å²) in [5.74, 6) is -8.42. The molecule has 3 aromatic carbocycles. The molecule has 12 amide bonds. The van der Waals surface area contributed by atoms with Crippen molar-refractivity contribution in [3.8, 4) is 5.75 Å². The fourth-order valence-electron chi connectivity index (χ4n) is 11.7. The van der Waals surface area contributed by atoms with Crippen LogP contribution in [0.5, 0.6) is 5.75 Å². The van der Waals surface area contributed by atoms with E-state index in [0.717, 1.165) is 10.9 Å². The first-order valence-corrected chi connectivity index (χ1v) is 31.5. The van der Waals surface area contributed by atoms with Crippen LogP contribution in [-0.2, 0) is 80.7 Å². The first-order valence-electron chi connectivity index (χ1n) is 31.5. The molecular formula is C64H83N19O13. The number of nitrogens with two attached hydrogens (primary N) is 3. The molecule has 20 N–H and O–H groups in total. The third-order valence-corrected chi connectivity index (χ3v) is 16.6. The molecule has 9 atom stereocenters. The number of nitrogens with zero attached hydrogens (tertiary/aromatic N) is 4. The standard InChI is InChI=1S/C64H83N19O13/c1-34(2)24-45(55(88)73-44(13-8-22-69-63(65)66)62(95)83-23-9-15-52(83)61(94)80-81-64(67)96)74-57(90)48(27-37-31-82(3)51-14-7-5-11-41(37)51)77-56(89)46(25-35-16-18-39(85)19-17-35)75-60(93)50(32-84)79-58(91)47(26-36-29-70-42-12-6-4-10-40(36)42)76-59(92)49(28-38-30-68-33-71-38)78-54(87)43-20-21-53(86)72-43/h4-7,10-12,14,16-19,29-31,33-34,43-50,52,70,84-85H,8-9,13,15,20-28,32H2,1-3H3,(H,68,71)(H,72,86)(H,73,88)(H,74,90)(H,75,93)(H,76,92)(H,77,89)(H,78,87)(H,79,91)(H,80,94)(H4,65,66,69)(H3,67,81,96)/t43-,44-,45-,46-,47-,48+,49-,50-,52-/m0/s1. The van der Waals surface area contributed by atoms with Gasteiger partial charge in [-0.2, -0.15) is 0 Å². The van der Waals surface area contributed by atoms with Crippen LogP contribution in [0.3, 0.4) is 0 Å². The number of para-hydroxylation sites is 2. The molecular weight excluding hydrogens is 1240 g/mol. The van der Waals surface area contributed by atoms with E-state index in [0.29, 0.717) is 39.7 Å². The molecule has 6 aromatic rings. The number of fused-ring (bicyclic) bond motifs is 2. The molecule has 2 saturated heterocycles. The zero-order valence-corrected chi connectivity index (χ0v) is 53.3. The highest BCUT2D eigenvalue weighted by atomic mass is 16.3. The topological polar surface area (TPSA) is 492 Å². The number of H-pyrrole nitrogens is 2. The molecule has 2 aliphatic rings. The number of hydrogen-bond donors (Lipinski definition) is 17. The summed E-state index contributed by atoms with van der Waals surface area (Å²) in [6.07, 6.45) is 6.53. The summed E-state index contributed by atoms with van der Waals surface area (Å²) in [5, 5.41) is 44.2. The number of hydrogen-bond acceptors (Lipinski definition) is 15. The van der Waals surface area contributed by atoms with Gasteiger partial charge in [-0.3, -0.25) is 58.4 Å².